The highest BCUT2D eigenvalue weighted by Crippen LogP contribution is 2.35. The molecule has 2 rings (SSSR count). The van der Waals surface area contributed by atoms with Gasteiger partial charge in [0.15, 0.2) is 0 Å². The Bertz CT molecular complexity index is 246. The van der Waals surface area contributed by atoms with Gasteiger partial charge in [-0.3, -0.25) is 4.79 Å². The van der Waals surface area contributed by atoms with E-state index in [1.54, 1.807) is 0 Å². The fourth-order valence-corrected chi connectivity index (χ4v) is 3.07. The smallest absolute Gasteiger partial charge is 0.223 e. The van der Waals surface area contributed by atoms with E-state index in [1.165, 1.54) is 6.42 Å². The molecule has 0 aromatic rings. The summed E-state index contributed by atoms with van der Waals surface area (Å²) in [6.07, 6.45) is 9.07. The molecule has 1 unspecified atom stereocenters. The summed E-state index contributed by atoms with van der Waals surface area (Å²) in [5, 5.41) is 13.4. The molecule has 1 heterocycles. The van der Waals surface area contributed by atoms with Crippen molar-refractivity contribution < 1.29 is 9.90 Å². The summed E-state index contributed by atoms with van der Waals surface area (Å²) in [6.45, 7) is 0.813. The number of amides is 1. The van der Waals surface area contributed by atoms with Gasteiger partial charge < -0.3 is 10.4 Å². The molecule has 1 aliphatic carbocycles. The quantitative estimate of drug-likeness (QED) is 0.755. The number of hydrogen-bond acceptors (Lipinski definition) is 2. The molecule has 3 heteroatoms. The van der Waals surface area contributed by atoms with E-state index in [-0.39, 0.29) is 11.8 Å². The van der Waals surface area contributed by atoms with Crippen molar-refractivity contribution in [3.8, 4) is 0 Å². The zero-order valence-electron chi connectivity index (χ0n) is 10.0. The van der Waals surface area contributed by atoms with E-state index in [1.807, 2.05) is 0 Å². The molecule has 1 aliphatic heterocycles. The van der Waals surface area contributed by atoms with Gasteiger partial charge in [-0.25, -0.2) is 0 Å². The van der Waals surface area contributed by atoms with Gasteiger partial charge in [-0.15, -0.1) is 0 Å². The predicted octanol–water partition coefficient (Wildman–Crippen LogP) is 1.99. The molecule has 1 saturated heterocycles. The molecule has 1 saturated carbocycles. The molecule has 0 radical (unpaired) electrons. The molecule has 0 aromatic carbocycles. The van der Waals surface area contributed by atoms with Gasteiger partial charge in [-0.2, -0.15) is 0 Å². The van der Waals surface area contributed by atoms with Crippen molar-refractivity contribution in [2.24, 2.45) is 5.92 Å². The van der Waals surface area contributed by atoms with Crippen LogP contribution in [0.3, 0.4) is 0 Å². The van der Waals surface area contributed by atoms with Gasteiger partial charge in [-0.1, -0.05) is 25.7 Å². The number of rotatable bonds is 2. The SMILES string of the molecule is O=C1NCCCCC1CC1(O)CCCCC1. The maximum absolute atomic E-state index is 11.8. The monoisotopic (exact) mass is 225 g/mol. The van der Waals surface area contributed by atoms with Crippen LogP contribution in [0.15, 0.2) is 0 Å². The number of carbonyl (C=O) groups is 1. The molecule has 0 aromatic heterocycles. The normalized spacial score (nSPS) is 30.6. The fraction of sp³-hybridized carbons (Fsp3) is 0.923. The Kier molecular flexibility index (Phi) is 3.85. The van der Waals surface area contributed by atoms with Crippen molar-refractivity contribution in [1.29, 1.82) is 0 Å². The Morgan fingerprint density at radius 2 is 1.94 bits per heavy atom. The lowest BCUT2D eigenvalue weighted by atomic mass is 9.77. The molecular weight excluding hydrogens is 202 g/mol. The highest BCUT2D eigenvalue weighted by molar-refractivity contribution is 5.78. The Morgan fingerprint density at radius 1 is 1.19 bits per heavy atom. The number of hydrogen-bond donors (Lipinski definition) is 2. The van der Waals surface area contributed by atoms with Gasteiger partial charge in [0, 0.05) is 12.5 Å². The van der Waals surface area contributed by atoms with Gasteiger partial charge in [-0.05, 0) is 32.1 Å². The molecule has 2 N–H and O–H groups in total. The minimum Gasteiger partial charge on any atom is -0.390 e. The number of carbonyl (C=O) groups excluding carboxylic acids is 1. The van der Waals surface area contributed by atoms with Crippen molar-refractivity contribution in [1.82, 2.24) is 5.32 Å². The molecule has 1 amide bonds. The van der Waals surface area contributed by atoms with E-state index in [0.29, 0.717) is 6.42 Å². The minimum atomic E-state index is -0.551. The van der Waals surface area contributed by atoms with Crippen molar-refractivity contribution in [3.05, 3.63) is 0 Å². The van der Waals surface area contributed by atoms with Crippen LogP contribution in [0.1, 0.15) is 57.8 Å². The molecule has 3 nitrogen and oxygen atoms in total. The first-order chi connectivity index (χ1) is 7.70. The lowest BCUT2D eigenvalue weighted by Gasteiger charge is -2.34. The topological polar surface area (TPSA) is 49.3 Å². The molecule has 1 atom stereocenters. The number of nitrogens with one attached hydrogen (secondary N) is 1. The van der Waals surface area contributed by atoms with Crippen LogP contribution in [0.2, 0.25) is 0 Å². The summed E-state index contributed by atoms with van der Waals surface area (Å²) in [4.78, 5) is 11.8. The van der Waals surface area contributed by atoms with Gasteiger partial charge >= 0.3 is 0 Å². The molecule has 2 fully saturated rings. The van der Waals surface area contributed by atoms with Crippen LogP contribution < -0.4 is 5.32 Å². The van der Waals surface area contributed by atoms with Crippen molar-refractivity contribution in [3.63, 3.8) is 0 Å². The summed E-state index contributed by atoms with van der Waals surface area (Å²) < 4.78 is 0. The molecular formula is C13H23NO2. The van der Waals surface area contributed by atoms with E-state index in [9.17, 15) is 9.90 Å². The van der Waals surface area contributed by atoms with E-state index in [4.69, 9.17) is 0 Å². The molecule has 0 spiro atoms. The second-order valence-corrected chi connectivity index (χ2v) is 5.47. The maximum atomic E-state index is 11.8. The first-order valence-corrected chi connectivity index (χ1v) is 6.70. The minimum absolute atomic E-state index is 0.0469. The average molecular weight is 225 g/mol. The molecule has 2 aliphatic rings. The fourth-order valence-electron chi connectivity index (χ4n) is 3.07. The first kappa shape index (κ1) is 11.9. The lowest BCUT2D eigenvalue weighted by Crippen LogP contribution is -2.38. The number of aliphatic hydroxyl groups is 1. The first-order valence-electron chi connectivity index (χ1n) is 6.70. The Balaban J connectivity index is 1.93. The Morgan fingerprint density at radius 3 is 2.69 bits per heavy atom. The third-order valence-corrected chi connectivity index (χ3v) is 4.06. The van der Waals surface area contributed by atoms with Crippen molar-refractivity contribution in [2.75, 3.05) is 6.54 Å². The predicted molar refractivity (Wildman–Crippen MR) is 63.0 cm³/mol. The van der Waals surface area contributed by atoms with E-state index in [0.717, 1.165) is 51.5 Å². The van der Waals surface area contributed by atoms with Gasteiger partial charge in [0.05, 0.1) is 5.60 Å². The second kappa shape index (κ2) is 5.17. The summed E-state index contributed by atoms with van der Waals surface area (Å²) in [5.74, 6) is 0.210. The zero-order chi connectivity index (χ0) is 11.4. The summed E-state index contributed by atoms with van der Waals surface area (Å²) in [7, 11) is 0. The Hall–Kier alpha value is -0.570. The van der Waals surface area contributed by atoms with Crippen LogP contribution in [0.5, 0.6) is 0 Å². The average Bonchev–Trinajstić information content (AvgIpc) is 2.45. The maximum Gasteiger partial charge on any atom is 0.223 e. The highest BCUT2D eigenvalue weighted by atomic mass is 16.3. The van der Waals surface area contributed by atoms with Gasteiger partial charge in [0.1, 0.15) is 0 Å². The summed E-state index contributed by atoms with van der Waals surface area (Å²) in [6, 6.07) is 0. The molecule has 0 bridgehead atoms. The van der Waals surface area contributed by atoms with Crippen molar-refractivity contribution in [2.45, 2.75) is 63.4 Å². The van der Waals surface area contributed by atoms with Crippen LogP contribution in [-0.2, 0) is 4.79 Å². The van der Waals surface area contributed by atoms with E-state index >= 15 is 0 Å². The van der Waals surface area contributed by atoms with E-state index < -0.39 is 5.60 Å². The molecule has 16 heavy (non-hydrogen) atoms. The van der Waals surface area contributed by atoms with Crippen LogP contribution in [0.25, 0.3) is 0 Å². The molecule has 92 valence electrons. The third-order valence-electron chi connectivity index (χ3n) is 4.06. The van der Waals surface area contributed by atoms with Gasteiger partial charge in [0.2, 0.25) is 5.91 Å². The zero-order valence-corrected chi connectivity index (χ0v) is 10.0. The van der Waals surface area contributed by atoms with E-state index in [2.05, 4.69) is 5.32 Å². The Labute approximate surface area is 97.6 Å². The highest BCUT2D eigenvalue weighted by Gasteiger charge is 2.34. The second-order valence-electron chi connectivity index (χ2n) is 5.47. The lowest BCUT2D eigenvalue weighted by molar-refractivity contribution is -0.127. The summed E-state index contributed by atoms with van der Waals surface area (Å²) in [5.41, 5.74) is -0.551. The largest absolute Gasteiger partial charge is 0.390 e. The van der Waals surface area contributed by atoms with Crippen LogP contribution in [0, 0.1) is 5.92 Å². The van der Waals surface area contributed by atoms with Crippen LogP contribution in [-0.4, -0.2) is 23.2 Å². The van der Waals surface area contributed by atoms with Crippen molar-refractivity contribution >= 4 is 5.91 Å². The van der Waals surface area contributed by atoms with Crippen LogP contribution in [0.4, 0.5) is 0 Å². The van der Waals surface area contributed by atoms with Gasteiger partial charge in [0.25, 0.3) is 0 Å². The van der Waals surface area contributed by atoms with Crippen LogP contribution >= 0.6 is 0 Å². The summed E-state index contributed by atoms with van der Waals surface area (Å²) >= 11 is 0. The standard InChI is InChI=1S/C13H23NO2/c15-12-11(6-2-5-9-14-12)10-13(16)7-3-1-4-8-13/h11,16H,1-10H2,(H,14,15). The third kappa shape index (κ3) is 2.97.